The lowest BCUT2D eigenvalue weighted by Gasteiger charge is -2.43. The minimum atomic E-state index is -1.93. The van der Waals surface area contributed by atoms with E-state index >= 15 is 0 Å². The summed E-state index contributed by atoms with van der Waals surface area (Å²) in [5.41, 5.74) is 6.13. The number of rotatable bonds is 6. The van der Waals surface area contributed by atoms with Crippen LogP contribution in [-0.4, -0.2) is 127 Å². The van der Waals surface area contributed by atoms with Gasteiger partial charge < -0.3 is 38.8 Å². The van der Waals surface area contributed by atoms with Crippen molar-refractivity contribution in [3.8, 4) is 0 Å². The molecule has 2 bridgehead atoms. The molecule has 65 heavy (non-hydrogen) atoms. The number of hydrogen-bond acceptors (Lipinski definition) is 13. The molecule has 3 aliphatic heterocycles. The molecule has 4 N–H and O–H groups in total. The SMILES string of the molecule is CO[C@H]1C[C@@H]2CC[C@@H](C)C(N)(O2)C(=O)C(=O)N2CCCC[C@H]2C(=O)OC([C@H](C)C[C@@H]2CC[C@@H](O)[C@H](OC)C2)CC(=O)C(C)=CC(C)[C@@H](O)[C@@H](OC)C(=O)[C@H](C)C[C@H](C)C=CC=CC=C1C. The smallest absolute Gasteiger partial charge is 0.329 e. The van der Waals surface area contributed by atoms with Gasteiger partial charge in [-0.3, -0.25) is 24.9 Å². The number of esters is 1. The zero-order valence-electron chi connectivity index (χ0n) is 40.7. The van der Waals surface area contributed by atoms with Gasteiger partial charge in [-0.15, -0.1) is 0 Å². The summed E-state index contributed by atoms with van der Waals surface area (Å²) in [4.78, 5) is 72.1. The lowest BCUT2D eigenvalue weighted by Crippen LogP contribution is -2.65. The van der Waals surface area contributed by atoms with Crippen molar-refractivity contribution in [1.29, 1.82) is 0 Å². The largest absolute Gasteiger partial charge is 0.460 e. The summed E-state index contributed by atoms with van der Waals surface area (Å²) >= 11 is 0. The van der Waals surface area contributed by atoms with E-state index in [4.69, 9.17) is 29.4 Å². The summed E-state index contributed by atoms with van der Waals surface area (Å²) in [5.74, 6) is -4.81. The average molecular weight is 913 g/mol. The van der Waals surface area contributed by atoms with Gasteiger partial charge in [0.1, 0.15) is 18.2 Å². The van der Waals surface area contributed by atoms with E-state index < -0.39 is 77.7 Å². The maximum absolute atomic E-state index is 14.4. The molecule has 14 nitrogen and oxygen atoms in total. The Morgan fingerprint density at radius 1 is 0.877 bits per heavy atom. The van der Waals surface area contributed by atoms with Gasteiger partial charge >= 0.3 is 5.97 Å². The van der Waals surface area contributed by atoms with Crippen molar-refractivity contribution in [2.45, 2.75) is 180 Å². The molecule has 3 fully saturated rings. The van der Waals surface area contributed by atoms with Crippen LogP contribution in [0, 0.1) is 35.5 Å². The molecule has 0 aromatic rings. The van der Waals surface area contributed by atoms with Gasteiger partial charge in [-0.25, -0.2) is 4.79 Å². The molecule has 0 spiro atoms. The monoisotopic (exact) mass is 913 g/mol. The molecule has 14 heteroatoms. The van der Waals surface area contributed by atoms with Crippen LogP contribution < -0.4 is 5.73 Å². The Balaban J connectivity index is 1.70. The van der Waals surface area contributed by atoms with Crippen molar-refractivity contribution < 1.29 is 57.9 Å². The van der Waals surface area contributed by atoms with Crippen molar-refractivity contribution in [3.05, 3.63) is 47.6 Å². The number of ketones is 3. The first kappa shape index (κ1) is 54.2. The van der Waals surface area contributed by atoms with E-state index in [9.17, 15) is 34.2 Å². The summed E-state index contributed by atoms with van der Waals surface area (Å²) in [5, 5.41) is 21.9. The second-order valence-corrected chi connectivity index (χ2v) is 19.7. The van der Waals surface area contributed by atoms with Gasteiger partial charge in [0.25, 0.3) is 11.7 Å². The molecule has 4 rings (SSSR count). The van der Waals surface area contributed by atoms with Gasteiger partial charge in [0.2, 0.25) is 0 Å². The minimum Gasteiger partial charge on any atom is -0.460 e. The fourth-order valence-electron chi connectivity index (χ4n) is 10.2. The molecule has 0 aromatic carbocycles. The third kappa shape index (κ3) is 14.3. The predicted octanol–water partition coefficient (Wildman–Crippen LogP) is 6.15. The molecular formula is C51H80N2O12. The number of Topliss-reactive ketones (excluding diaryl/α,β-unsaturated/α-hetero) is 3. The fraction of sp³-hybridized carbons (Fsp3) is 0.745. The molecule has 15 atom stereocenters. The molecule has 366 valence electrons. The highest BCUT2D eigenvalue weighted by Crippen LogP contribution is 2.37. The molecule has 1 aliphatic carbocycles. The zero-order chi connectivity index (χ0) is 48.2. The van der Waals surface area contributed by atoms with E-state index in [1.807, 2.05) is 58.1 Å². The van der Waals surface area contributed by atoms with E-state index in [0.29, 0.717) is 63.4 Å². The normalized spacial score (nSPS) is 37.8. The molecule has 1 amide bonds. The second-order valence-electron chi connectivity index (χ2n) is 19.7. The number of cyclic esters (lactones) is 1. The van der Waals surface area contributed by atoms with E-state index in [0.717, 1.165) is 12.0 Å². The number of carbonyl (C=O) groups is 5. The Labute approximate surface area is 387 Å². The Kier molecular flexibility index (Phi) is 21.0. The van der Waals surface area contributed by atoms with Crippen LogP contribution >= 0.6 is 0 Å². The maximum atomic E-state index is 14.4. The van der Waals surface area contributed by atoms with Crippen LogP contribution in [0.25, 0.3) is 0 Å². The number of allylic oxidation sites excluding steroid dienone is 6. The third-order valence-electron chi connectivity index (χ3n) is 14.6. The van der Waals surface area contributed by atoms with E-state index in [2.05, 4.69) is 0 Å². The zero-order valence-corrected chi connectivity index (χ0v) is 40.7. The first-order valence-electron chi connectivity index (χ1n) is 24.0. The second kappa shape index (κ2) is 25.1. The van der Waals surface area contributed by atoms with Crippen molar-refractivity contribution in [3.63, 3.8) is 0 Å². The van der Waals surface area contributed by atoms with E-state index in [1.165, 1.54) is 12.0 Å². The van der Waals surface area contributed by atoms with Crippen molar-refractivity contribution in [2.75, 3.05) is 27.9 Å². The summed E-state index contributed by atoms with van der Waals surface area (Å²) in [6.45, 7) is 13.0. The standard InChI is InChI=1S/C51H80N2O12/c1-30-16-12-11-13-17-31(2)42(61-8)28-38-21-19-36(7)51(52,65-38)48(58)49(59)53-23-15-14-18-39(53)50(60)64-43(33(4)26-37-20-22-40(54)44(27-37)62-9)29-41(55)32(3)25-35(6)46(57)47(63-10)45(56)34(5)24-30/h11-13,16-17,25,30,33-40,42-44,46-47,54,57H,14-15,18-24,26-29,52H2,1-10H3/t30-,33-,34-,35?,36-,37+,38+,39+,40-,42+,43?,44-,46-,47+,51?/m1/s1. The van der Waals surface area contributed by atoms with Gasteiger partial charge in [0, 0.05) is 58.5 Å². The van der Waals surface area contributed by atoms with Crippen LogP contribution in [0.1, 0.15) is 126 Å². The number of nitrogens with zero attached hydrogens (tertiary/aromatic N) is 1. The number of piperidine rings is 1. The lowest BCUT2D eigenvalue weighted by molar-refractivity contribution is -0.187. The van der Waals surface area contributed by atoms with Gasteiger partial charge in [-0.05, 0) is 107 Å². The average Bonchev–Trinajstić information content (AvgIpc) is 3.28. The number of ether oxygens (including phenoxy) is 5. The van der Waals surface area contributed by atoms with Gasteiger partial charge in [-0.2, -0.15) is 0 Å². The van der Waals surface area contributed by atoms with Crippen molar-refractivity contribution >= 4 is 29.2 Å². The number of fused-ring (bicyclic) bond motifs is 3. The quantitative estimate of drug-likeness (QED) is 0.203. The third-order valence-corrected chi connectivity index (χ3v) is 14.6. The topological polar surface area (TPSA) is 201 Å². The molecule has 1 saturated carbocycles. The van der Waals surface area contributed by atoms with Crippen LogP contribution in [0.5, 0.6) is 0 Å². The van der Waals surface area contributed by atoms with Gasteiger partial charge in [-0.1, -0.05) is 71.1 Å². The van der Waals surface area contributed by atoms with Crippen LogP contribution in [0.15, 0.2) is 47.6 Å². The summed E-state index contributed by atoms with van der Waals surface area (Å²) in [6.07, 6.45) is 12.1. The fourth-order valence-corrected chi connectivity index (χ4v) is 10.2. The number of methoxy groups -OCH3 is 3. The first-order valence-corrected chi connectivity index (χ1v) is 24.0. The molecule has 4 aliphatic rings. The Bertz CT molecular complexity index is 1760. The Morgan fingerprint density at radius 3 is 2.28 bits per heavy atom. The highest BCUT2D eigenvalue weighted by Gasteiger charge is 2.51. The summed E-state index contributed by atoms with van der Waals surface area (Å²) < 4.78 is 29.7. The number of aliphatic hydroxyl groups excluding tert-OH is 2. The first-order chi connectivity index (χ1) is 30.7. The van der Waals surface area contributed by atoms with Gasteiger partial charge in [0.15, 0.2) is 17.3 Å². The number of carbonyl (C=O) groups excluding carboxylic acids is 5. The van der Waals surface area contributed by atoms with Crippen LogP contribution in [0.3, 0.4) is 0 Å². The molecular weight excluding hydrogens is 833 g/mol. The van der Waals surface area contributed by atoms with Crippen LogP contribution in [0.2, 0.25) is 0 Å². The van der Waals surface area contributed by atoms with E-state index in [-0.39, 0.29) is 60.9 Å². The lowest BCUT2D eigenvalue weighted by atomic mass is 9.78. The number of nitrogens with two attached hydrogens (primary N) is 1. The Hall–Kier alpha value is -3.37. The van der Waals surface area contributed by atoms with E-state index in [1.54, 1.807) is 41.1 Å². The van der Waals surface area contributed by atoms with Crippen LogP contribution in [-0.2, 0) is 47.7 Å². The molecule has 3 unspecified atom stereocenters. The molecule has 0 radical (unpaired) electrons. The van der Waals surface area contributed by atoms with Crippen molar-refractivity contribution in [1.82, 2.24) is 4.90 Å². The molecule has 0 aromatic heterocycles. The molecule has 3 heterocycles. The predicted molar refractivity (Wildman–Crippen MR) is 247 cm³/mol. The number of amides is 1. The van der Waals surface area contributed by atoms with Crippen molar-refractivity contribution in [2.24, 2.45) is 41.2 Å². The number of aliphatic hydroxyl groups is 2. The maximum Gasteiger partial charge on any atom is 0.329 e. The Morgan fingerprint density at radius 2 is 1.60 bits per heavy atom. The summed E-state index contributed by atoms with van der Waals surface area (Å²) in [6, 6.07) is -1.09. The van der Waals surface area contributed by atoms with Gasteiger partial charge in [0.05, 0.1) is 30.5 Å². The summed E-state index contributed by atoms with van der Waals surface area (Å²) in [7, 11) is 4.57. The molecule has 2 saturated heterocycles. The highest BCUT2D eigenvalue weighted by molar-refractivity contribution is 6.39. The minimum absolute atomic E-state index is 0.0338. The highest BCUT2D eigenvalue weighted by atomic mass is 16.5. The number of hydrogen-bond donors (Lipinski definition) is 3. The van der Waals surface area contributed by atoms with Crippen LogP contribution in [0.4, 0.5) is 0 Å².